The summed E-state index contributed by atoms with van der Waals surface area (Å²) < 4.78 is 34.2. The lowest BCUT2D eigenvalue weighted by molar-refractivity contribution is 0.331. The van der Waals surface area contributed by atoms with E-state index in [4.69, 9.17) is 4.74 Å². The van der Waals surface area contributed by atoms with Crippen molar-refractivity contribution in [2.75, 3.05) is 13.2 Å². The third-order valence-corrected chi connectivity index (χ3v) is 5.87. The van der Waals surface area contributed by atoms with Crippen molar-refractivity contribution in [3.8, 4) is 5.75 Å². The zero-order valence-corrected chi connectivity index (χ0v) is 16.7. The Hall–Kier alpha value is -1.96. The van der Waals surface area contributed by atoms with E-state index >= 15 is 0 Å². The number of halogens is 1. The first kappa shape index (κ1) is 18.8. The van der Waals surface area contributed by atoms with Crippen molar-refractivity contribution in [2.24, 2.45) is 0 Å². The molecule has 0 aliphatic rings. The Kier molecular flexibility index (Phi) is 5.90. The summed E-state index contributed by atoms with van der Waals surface area (Å²) in [5, 5.41) is 1.04. The highest BCUT2D eigenvalue weighted by molar-refractivity contribution is 9.10. The predicted octanol–water partition coefficient (Wildman–Crippen LogP) is 3.92. The standard InChI is InChI=1S/C19H19BrN2O3S/c1-2-25-17-9-8-16(20)13-18(17)26(23,24)22-12-10-15-6-3-5-14-7-4-11-21-19(14)15/h3-9,11,13,22H,2,10,12H2,1H3. The molecule has 1 aromatic heterocycles. The Balaban J connectivity index is 1.78. The third-order valence-electron chi connectivity index (χ3n) is 3.90. The highest BCUT2D eigenvalue weighted by Crippen LogP contribution is 2.27. The largest absolute Gasteiger partial charge is 0.492 e. The second-order valence-electron chi connectivity index (χ2n) is 5.66. The predicted molar refractivity (Wildman–Crippen MR) is 106 cm³/mol. The van der Waals surface area contributed by atoms with Gasteiger partial charge in [0.15, 0.2) is 0 Å². The van der Waals surface area contributed by atoms with Gasteiger partial charge in [-0.05, 0) is 43.2 Å². The highest BCUT2D eigenvalue weighted by Gasteiger charge is 2.20. The van der Waals surface area contributed by atoms with E-state index in [9.17, 15) is 8.42 Å². The summed E-state index contributed by atoms with van der Waals surface area (Å²) in [5.74, 6) is 0.343. The molecule has 0 fully saturated rings. The topological polar surface area (TPSA) is 68.3 Å². The number of ether oxygens (including phenoxy) is 1. The molecule has 0 saturated heterocycles. The van der Waals surface area contributed by atoms with Crippen LogP contribution < -0.4 is 9.46 Å². The minimum absolute atomic E-state index is 0.129. The molecule has 0 radical (unpaired) electrons. The lowest BCUT2D eigenvalue weighted by Gasteiger charge is -2.12. The Labute approximate surface area is 161 Å². The zero-order valence-electron chi connectivity index (χ0n) is 14.3. The van der Waals surface area contributed by atoms with Crippen molar-refractivity contribution in [2.45, 2.75) is 18.2 Å². The van der Waals surface area contributed by atoms with Crippen LogP contribution in [0.1, 0.15) is 12.5 Å². The lowest BCUT2D eigenvalue weighted by atomic mass is 10.1. The Morgan fingerprint density at radius 1 is 1.15 bits per heavy atom. The fourth-order valence-corrected chi connectivity index (χ4v) is 4.45. The van der Waals surface area contributed by atoms with E-state index in [0.29, 0.717) is 23.2 Å². The summed E-state index contributed by atoms with van der Waals surface area (Å²) in [6.07, 6.45) is 2.29. The number of hydrogen-bond acceptors (Lipinski definition) is 4. The van der Waals surface area contributed by atoms with E-state index in [1.165, 1.54) is 0 Å². The van der Waals surface area contributed by atoms with Crippen LogP contribution in [0, 0.1) is 0 Å². The number of aromatic nitrogens is 1. The highest BCUT2D eigenvalue weighted by atomic mass is 79.9. The Morgan fingerprint density at radius 3 is 2.77 bits per heavy atom. The zero-order chi connectivity index (χ0) is 18.6. The van der Waals surface area contributed by atoms with Gasteiger partial charge in [-0.2, -0.15) is 0 Å². The molecule has 0 spiro atoms. The number of nitrogens with one attached hydrogen (secondary N) is 1. The second kappa shape index (κ2) is 8.16. The number of sulfonamides is 1. The average Bonchev–Trinajstić information content (AvgIpc) is 2.63. The maximum Gasteiger partial charge on any atom is 0.244 e. The number of nitrogens with zero attached hydrogens (tertiary/aromatic N) is 1. The fourth-order valence-electron chi connectivity index (χ4n) is 2.73. The van der Waals surface area contributed by atoms with Crippen molar-refractivity contribution in [1.82, 2.24) is 9.71 Å². The number of hydrogen-bond donors (Lipinski definition) is 1. The Morgan fingerprint density at radius 2 is 1.96 bits per heavy atom. The SMILES string of the molecule is CCOc1ccc(Br)cc1S(=O)(=O)NCCc1cccc2cccnc12. The summed E-state index contributed by atoms with van der Waals surface area (Å²) in [6, 6.07) is 14.7. The van der Waals surface area contributed by atoms with Gasteiger partial charge in [-0.15, -0.1) is 0 Å². The molecule has 136 valence electrons. The normalized spacial score (nSPS) is 11.6. The van der Waals surface area contributed by atoms with Crippen LogP contribution >= 0.6 is 15.9 Å². The lowest BCUT2D eigenvalue weighted by Crippen LogP contribution is -2.26. The van der Waals surface area contributed by atoms with Gasteiger partial charge >= 0.3 is 0 Å². The van der Waals surface area contributed by atoms with Gasteiger partial charge in [0.05, 0.1) is 12.1 Å². The molecule has 0 aliphatic heterocycles. The van der Waals surface area contributed by atoms with Crippen LogP contribution in [0.3, 0.4) is 0 Å². The van der Waals surface area contributed by atoms with Crippen molar-refractivity contribution in [3.05, 3.63) is 64.8 Å². The quantitative estimate of drug-likeness (QED) is 0.611. The van der Waals surface area contributed by atoms with Gasteiger partial charge in [0.1, 0.15) is 10.6 Å². The first-order valence-electron chi connectivity index (χ1n) is 8.26. The third kappa shape index (κ3) is 4.23. The molecule has 0 unspecified atom stereocenters. The van der Waals surface area contributed by atoms with E-state index in [1.807, 2.05) is 37.3 Å². The molecular formula is C19H19BrN2O3S. The van der Waals surface area contributed by atoms with Crippen LogP contribution in [0.25, 0.3) is 10.9 Å². The molecule has 0 saturated carbocycles. The summed E-state index contributed by atoms with van der Waals surface area (Å²) in [5.41, 5.74) is 1.90. The van der Waals surface area contributed by atoms with Crippen molar-refractivity contribution < 1.29 is 13.2 Å². The summed E-state index contributed by atoms with van der Waals surface area (Å²) >= 11 is 3.32. The van der Waals surface area contributed by atoms with Gasteiger partial charge in [-0.3, -0.25) is 4.98 Å². The molecule has 7 heteroatoms. The van der Waals surface area contributed by atoms with Crippen LogP contribution in [0.4, 0.5) is 0 Å². The van der Waals surface area contributed by atoms with Crippen LogP contribution in [0.2, 0.25) is 0 Å². The molecule has 5 nitrogen and oxygen atoms in total. The van der Waals surface area contributed by atoms with Crippen molar-refractivity contribution in [1.29, 1.82) is 0 Å². The molecule has 26 heavy (non-hydrogen) atoms. The summed E-state index contributed by atoms with van der Waals surface area (Å²) in [4.78, 5) is 4.53. The number of rotatable bonds is 7. The van der Waals surface area contributed by atoms with Gasteiger partial charge < -0.3 is 4.74 Å². The number of fused-ring (bicyclic) bond motifs is 1. The van der Waals surface area contributed by atoms with Crippen molar-refractivity contribution >= 4 is 36.9 Å². The molecule has 0 bridgehead atoms. The van der Waals surface area contributed by atoms with Gasteiger partial charge in [0.25, 0.3) is 0 Å². The number of benzene rings is 2. The van der Waals surface area contributed by atoms with Gasteiger partial charge in [-0.1, -0.05) is 40.2 Å². The fraction of sp³-hybridized carbons (Fsp3) is 0.211. The molecule has 0 aliphatic carbocycles. The minimum Gasteiger partial charge on any atom is -0.492 e. The van der Waals surface area contributed by atoms with E-state index in [0.717, 1.165) is 16.5 Å². The van der Waals surface area contributed by atoms with Gasteiger partial charge in [-0.25, -0.2) is 13.1 Å². The van der Waals surface area contributed by atoms with Crippen molar-refractivity contribution in [3.63, 3.8) is 0 Å². The maximum atomic E-state index is 12.7. The van der Waals surface area contributed by atoms with E-state index < -0.39 is 10.0 Å². The monoisotopic (exact) mass is 434 g/mol. The molecule has 0 amide bonds. The molecule has 2 aromatic carbocycles. The number of para-hydroxylation sites is 1. The van der Waals surface area contributed by atoms with E-state index in [2.05, 4.69) is 25.6 Å². The first-order chi connectivity index (χ1) is 12.5. The molecular weight excluding hydrogens is 416 g/mol. The second-order valence-corrected chi connectivity index (χ2v) is 8.32. The molecule has 1 heterocycles. The van der Waals surface area contributed by atoms with E-state index in [-0.39, 0.29) is 11.4 Å². The van der Waals surface area contributed by atoms with E-state index in [1.54, 1.807) is 24.4 Å². The van der Waals surface area contributed by atoms with Crippen LogP contribution in [-0.2, 0) is 16.4 Å². The summed E-state index contributed by atoms with van der Waals surface area (Å²) in [6.45, 7) is 2.49. The molecule has 1 N–H and O–H groups in total. The Bertz CT molecular complexity index is 1020. The van der Waals surface area contributed by atoms with Crippen LogP contribution in [-0.4, -0.2) is 26.6 Å². The maximum absolute atomic E-state index is 12.7. The van der Waals surface area contributed by atoms with Gasteiger partial charge in [0.2, 0.25) is 10.0 Å². The molecule has 3 aromatic rings. The summed E-state index contributed by atoms with van der Waals surface area (Å²) in [7, 11) is -3.68. The number of pyridine rings is 1. The van der Waals surface area contributed by atoms with Crippen LogP contribution in [0.5, 0.6) is 5.75 Å². The molecule has 3 rings (SSSR count). The average molecular weight is 435 g/mol. The smallest absolute Gasteiger partial charge is 0.244 e. The molecule has 0 atom stereocenters. The first-order valence-corrected chi connectivity index (χ1v) is 10.5. The van der Waals surface area contributed by atoms with Gasteiger partial charge in [0, 0.05) is 22.6 Å². The minimum atomic E-state index is -3.68. The van der Waals surface area contributed by atoms with Crippen LogP contribution in [0.15, 0.2) is 64.1 Å².